The van der Waals surface area contributed by atoms with Gasteiger partial charge in [0.2, 0.25) is 0 Å². The van der Waals surface area contributed by atoms with Gasteiger partial charge in [0, 0.05) is 5.69 Å². The van der Waals surface area contributed by atoms with E-state index in [0.717, 1.165) is 30.7 Å². The Bertz CT molecular complexity index is 665. The van der Waals surface area contributed by atoms with E-state index in [1.807, 2.05) is 56.3 Å². The Kier molecular flexibility index (Phi) is 7.33. The zero-order valence-electron chi connectivity index (χ0n) is 15.2. The highest BCUT2D eigenvalue weighted by atomic mass is 16.5. The molecule has 0 unspecified atom stereocenters. The van der Waals surface area contributed by atoms with Crippen molar-refractivity contribution in [2.75, 3.05) is 11.9 Å². The predicted octanol–water partition coefficient (Wildman–Crippen LogP) is 5.30. The van der Waals surface area contributed by atoms with Crippen LogP contribution in [0.25, 0.3) is 0 Å². The Morgan fingerprint density at radius 3 is 2.44 bits per heavy atom. The molecule has 0 bridgehead atoms. The summed E-state index contributed by atoms with van der Waals surface area (Å²) in [5, 5.41) is 2.91. The summed E-state index contributed by atoms with van der Waals surface area (Å²) in [5.41, 5.74) is 1.27. The fourth-order valence-corrected chi connectivity index (χ4v) is 2.40. The van der Waals surface area contributed by atoms with Crippen LogP contribution in [-0.2, 0) is 0 Å². The summed E-state index contributed by atoms with van der Waals surface area (Å²) in [4.78, 5) is 12.6. The highest BCUT2D eigenvalue weighted by Crippen LogP contribution is 2.22. The van der Waals surface area contributed by atoms with Crippen LogP contribution in [0.4, 0.5) is 5.69 Å². The van der Waals surface area contributed by atoms with Crippen LogP contribution < -0.4 is 14.8 Å². The molecule has 2 aromatic carbocycles. The molecule has 0 saturated carbocycles. The van der Waals surface area contributed by atoms with Crippen molar-refractivity contribution >= 4 is 11.6 Å². The lowest BCUT2D eigenvalue weighted by Crippen LogP contribution is -2.14. The van der Waals surface area contributed by atoms with Gasteiger partial charge in [-0.2, -0.15) is 0 Å². The van der Waals surface area contributed by atoms with E-state index in [0.29, 0.717) is 17.9 Å². The number of carbonyl (C=O) groups is 1. The van der Waals surface area contributed by atoms with E-state index in [1.165, 1.54) is 0 Å². The van der Waals surface area contributed by atoms with Crippen molar-refractivity contribution in [2.45, 2.75) is 46.1 Å². The van der Waals surface area contributed by atoms with Crippen LogP contribution in [-0.4, -0.2) is 18.6 Å². The number of anilines is 1. The SMILES string of the molecule is CCCCCOc1ccccc1C(=O)Nc1ccc(OC(C)C)cc1. The Balaban J connectivity index is 2.00. The van der Waals surface area contributed by atoms with Crippen molar-refractivity contribution in [1.82, 2.24) is 0 Å². The van der Waals surface area contributed by atoms with Gasteiger partial charge < -0.3 is 14.8 Å². The maximum absolute atomic E-state index is 12.6. The van der Waals surface area contributed by atoms with Crippen molar-refractivity contribution < 1.29 is 14.3 Å². The largest absolute Gasteiger partial charge is 0.493 e. The van der Waals surface area contributed by atoms with Crippen LogP contribution in [0.5, 0.6) is 11.5 Å². The van der Waals surface area contributed by atoms with E-state index < -0.39 is 0 Å². The number of carbonyl (C=O) groups excluding carboxylic acids is 1. The molecule has 1 N–H and O–H groups in total. The van der Waals surface area contributed by atoms with Gasteiger partial charge in [-0.15, -0.1) is 0 Å². The number of unbranched alkanes of at least 4 members (excludes halogenated alkanes) is 2. The minimum absolute atomic E-state index is 0.122. The number of amides is 1. The lowest BCUT2D eigenvalue weighted by atomic mass is 10.1. The normalized spacial score (nSPS) is 10.6. The first-order valence-electron chi connectivity index (χ1n) is 8.90. The van der Waals surface area contributed by atoms with Crippen LogP contribution in [0.2, 0.25) is 0 Å². The zero-order valence-corrected chi connectivity index (χ0v) is 15.2. The van der Waals surface area contributed by atoms with E-state index in [1.54, 1.807) is 6.07 Å². The third kappa shape index (κ3) is 6.14. The minimum Gasteiger partial charge on any atom is -0.493 e. The molecule has 0 aliphatic carbocycles. The van der Waals surface area contributed by atoms with Gasteiger partial charge in [-0.3, -0.25) is 4.79 Å². The molecule has 4 heteroatoms. The molecule has 134 valence electrons. The minimum atomic E-state index is -0.177. The first-order valence-corrected chi connectivity index (χ1v) is 8.90. The molecule has 2 aromatic rings. The van der Waals surface area contributed by atoms with Crippen LogP contribution in [0.15, 0.2) is 48.5 Å². The van der Waals surface area contributed by atoms with Crippen molar-refractivity contribution in [1.29, 1.82) is 0 Å². The molecule has 0 aromatic heterocycles. The lowest BCUT2D eigenvalue weighted by Gasteiger charge is -2.13. The highest BCUT2D eigenvalue weighted by Gasteiger charge is 2.12. The molecular weight excluding hydrogens is 314 g/mol. The van der Waals surface area contributed by atoms with E-state index in [-0.39, 0.29) is 12.0 Å². The second kappa shape index (κ2) is 9.72. The number of para-hydroxylation sites is 1. The lowest BCUT2D eigenvalue weighted by molar-refractivity contribution is 0.102. The van der Waals surface area contributed by atoms with Crippen LogP contribution in [0, 0.1) is 0 Å². The van der Waals surface area contributed by atoms with Gasteiger partial charge in [0.05, 0.1) is 18.3 Å². The van der Waals surface area contributed by atoms with Gasteiger partial charge >= 0.3 is 0 Å². The van der Waals surface area contributed by atoms with Crippen LogP contribution >= 0.6 is 0 Å². The van der Waals surface area contributed by atoms with Crippen LogP contribution in [0.1, 0.15) is 50.4 Å². The summed E-state index contributed by atoms with van der Waals surface area (Å²) in [6.45, 7) is 6.73. The van der Waals surface area contributed by atoms with Crippen molar-refractivity contribution in [3.63, 3.8) is 0 Å². The number of nitrogens with one attached hydrogen (secondary N) is 1. The number of rotatable bonds is 9. The van der Waals surface area contributed by atoms with Crippen molar-refractivity contribution in [3.8, 4) is 11.5 Å². The molecular formula is C21H27NO3. The molecule has 0 fully saturated rings. The maximum Gasteiger partial charge on any atom is 0.259 e. The molecule has 0 heterocycles. The van der Waals surface area contributed by atoms with Gasteiger partial charge in [-0.05, 0) is 56.7 Å². The Hall–Kier alpha value is -2.49. The van der Waals surface area contributed by atoms with E-state index >= 15 is 0 Å². The number of benzene rings is 2. The molecule has 0 radical (unpaired) electrons. The highest BCUT2D eigenvalue weighted by molar-refractivity contribution is 6.06. The molecule has 0 atom stereocenters. The zero-order chi connectivity index (χ0) is 18.1. The topological polar surface area (TPSA) is 47.6 Å². The monoisotopic (exact) mass is 341 g/mol. The first-order chi connectivity index (χ1) is 12.1. The fourth-order valence-electron chi connectivity index (χ4n) is 2.40. The Morgan fingerprint density at radius 2 is 1.76 bits per heavy atom. The van der Waals surface area contributed by atoms with E-state index in [9.17, 15) is 4.79 Å². The summed E-state index contributed by atoms with van der Waals surface area (Å²) < 4.78 is 11.4. The molecule has 0 aliphatic rings. The summed E-state index contributed by atoms with van der Waals surface area (Å²) >= 11 is 0. The first kappa shape index (κ1) is 18.8. The summed E-state index contributed by atoms with van der Waals surface area (Å²) in [7, 11) is 0. The molecule has 0 spiro atoms. The smallest absolute Gasteiger partial charge is 0.259 e. The number of hydrogen-bond donors (Lipinski definition) is 1. The van der Waals surface area contributed by atoms with Gasteiger partial charge in [0.15, 0.2) is 0 Å². The molecule has 2 rings (SSSR count). The van der Waals surface area contributed by atoms with Crippen molar-refractivity contribution in [2.24, 2.45) is 0 Å². The van der Waals surface area contributed by atoms with E-state index in [2.05, 4.69) is 12.2 Å². The molecule has 0 saturated heterocycles. The van der Waals surface area contributed by atoms with E-state index in [4.69, 9.17) is 9.47 Å². The van der Waals surface area contributed by atoms with Gasteiger partial charge in [0.1, 0.15) is 11.5 Å². The third-order valence-corrected chi connectivity index (χ3v) is 3.62. The summed E-state index contributed by atoms with van der Waals surface area (Å²) in [5.74, 6) is 1.23. The standard InChI is InChI=1S/C21H27NO3/c1-4-5-8-15-24-20-10-7-6-9-19(20)21(23)22-17-11-13-18(14-12-17)25-16(2)3/h6-7,9-14,16H,4-5,8,15H2,1-3H3,(H,22,23). The number of hydrogen-bond acceptors (Lipinski definition) is 3. The second-order valence-corrected chi connectivity index (χ2v) is 6.20. The molecule has 0 aliphatic heterocycles. The Labute approximate surface area is 150 Å². The average Bonchev–Trinajstić information content (AvgIpc) is 2.60. The number of ether oxygens (including phenoxy) is 2. The van der Waals surface area contributed by atoms with Crippen molar-refractivity contribution in [3.05, 3.63) is 54.1 Å². The van der Waals surface area contributed by atoms with Gasteiger partial charge in [-0.25, -0.2) is 0 Å². The Morgan fingerprint density at radius 1 is 1.04 bits per heavy atom. The quantitative estimate of drug-likeness (QED) is 0.630. The predicted molar refractivity (Wildman–Crippen MR) is 102 cm³/mol. The fraction of sp³-hybridized carbons (Fsp3) is 0.381. The molecule has 1 amide bonds. The molecule has 4 nitrogen and oxygen atoms in total. The van der Waals surface area contributed by atoms with Gasteiger partial charge in [0.25, 0.3) is 5.91 Å². The van der Waals surface area contributed by atoms with Crippen LogP contribution in [0.3, 0.4) is 0 Å². The maximum atomic E-state index is 12.6. The third-order valence-electron chi connectivity index (χ3n) is 3.62. The second-order valence-electron chi connectivity index (χ2n) is 6.20. The molecule has 25 heavy (non-hydrogen) atoms. The summed E-state index contributed by atoms with van der Waals surface area (Å²) in [6, 6.07) is 14.7. The van der Waals surface area contributed by atoms with Gasteiger partial charge in [-0.1, -0.05) is 31.9 Å². The summed E-state index contributed by atoms with van der Waals surface area (Å²) in [6.07, 6.45) is 3.38. The average molecular weight is 341 g/mol.